The number of hydrogen-bond acceptors (Lipinski definition) is 3. The number of nitrogens with zero attached hydrogens (tertiary/aromatic N) is 1. The van der Waals surface area contributed by atoms with Crippen LogP contribution in [0.1, 0.15) is 17.7 Å². The molecule has 0 bridgehead atoms. The molecule has 0 amide bonds. The Kier molecular flexibility index (Phi) is 4.91. The molecule has 0 aliphatic rings. The average molecular weight is 227 g/mol. The van der Waals surface area contributed by atoms with E-state index in [4.69, 9.17) is 4.74 Å². The molecule has 1 rings (SSSR count). The van der Waals surface area contributed by atoms with Crippen LogP contribution >= 0.6 is 11.8 Å². The van der Waals surface area contributed by atoms with Crippen molar-refractivity contribution in [3.63, 3.8) is 0 Å². The normalized spacial score (nSPS) is 10.6. The summed E-state index contributed by atoms with van der Waals surface area (Å²) >= 11 is 1.78. The zero-order valence-electron chi connectivity index (χ0n) is 9.45. The lowest BCUT2D eigenvalue weighted by Crippen LogP contribution is -2.30. The summed E-state index contributed by atoms with van der Waals surface area (Å²) in [5, 5.41) is 11.3. The number of thioether (sulfide) groups is 1. The average Bonchev–Trinajstić information content (AvgIpc) is 2.24. The Labute approximate surface area is 95.0 Å². The van der Waals surface area contributed by atoms with Gasteiger partial charge in [0.1, 0.15) is 0 Å². The molecule has 1 aromatic heterocycles. The van der Waals surface area contributed by atoms with E-state index in [-0.39, 0.29) is 0 Å². The quantitative estimate of drug-likeness (QED) is 0.334. The van der Waals surface area contributed by atoms with Crippen LogP contribution in [0, 0.1) is 19.1 Å². The van der Waals surface area contributed by atoms with Crippen LogP contribution in [-0.2, 0) is 4.74 Å². The van der Waals surface area contributed by atoms with Crippen LogP contribution in [0.4, 0.5) is 0 Å². The molecule has 1 aromatic rings. The molecule has 15 heavy (non-hydrogen) atoms. The number of methoxy groups -OCH3 is 1. The smallest absolute Gasteiger partial charge is 0.193 e. The second kappa shape index (κ2) is 5.98. The zero-order valence-corrected chi connectivity index (χ0v) is 10.3. The molecule has 0 N–H and O–H groups in total. The van der Waals surface area contributed by atoms with E-state index < -0.39 is 0 Å². The van der Waals surface area contributed by atoms with Crippen molar-refractivity contribution in [2.45, 2.75) is 25.2 Å². The summed E-state index contributed by atoms with van der Waals surface area (Å²) in [5.41, 5.74) is 1.86. The fourth-order valence-corrected chi connectivity index (χ4v) is 2.26. The Hall–Kier alpha value is -0.740. The van der Waals surface area contributed by atoms with E-state index in [9.17, 15) is 5.21 Å². The number of ether oxygens (including phenoxy) is 1. The van der Waals surface area contributed by atoms with Crippen molar-refractivity contribution < 1.29 is 9.47 Å². The molecule has 0 fully saturated rings. The lowest BCUT2D eigenvalue weighted by molar-refractivity contribution is -0.613. The van der Waals surface area contributed by atoms with Gasteiger partial charge in [-0.3, -0.25) is 0 Å². The molecule has 4 heteroatoms. The lowest BCUT2D eigenvalue weighted by atomic mass is 10.2. The van der Waals surface area contributed by atoms with Crippen LogP contribution < -0.4 is 4.73 Å². The van der Waals surface area contributed by atoms with E-state index >= 15 is 0 Å². The van der Waals surface area contributed by atoms with Crippen molar-refractivity contribution in [2.75, 3.05) is 19.5 Å². The highest BCUT2D eigenvalue weighted by atomic mass is 32.2. The van der Waals surface area contributed by atoms with Gasteiger partial charge in [0, 0.05) is 42.9 Å². The third-order valence-electron chi connectivity index (χ3n) is 2.35. The van der Waals surface area contributed by atoms with Gasteiger partial charge in [0.25, 0.3) is 0 Å². The van der Waals surface area contributed by atoms with Crippen LogP contribution in [0.15, 0.2) is 17.2 Å². The molecule has 0 aromatic carbocycles. The molecule has 1 heterocycles. The summed E-state index contributed by atoms with van der Waals surface area (Å²) in [6.07, 6.45) is 2.60. The summed E-state index contributed by atoms with van der Waals surface area (Å²) in [4.78, 5) is 1.19. The number of rotatable bonds is 5. The monoisotopic (exact) mass is 227 g/mol. The van der Waals surface area contributed by atoms with Crippen LogP contribution in [0.25, 0.3) is 0 Å². The summed E-state index contributed by atoms with van der Waals surface area (Å²) in [7, 11) is 1.71. The zero-order chi connectivity index (χ0) is 11.3. The molecule has 0 saturated carbocycles. The van der Waals surface area contributed by atoms with Crippen LogP contribution in [0.2, 0.25) is 0 Å². The summed E-state index contributed by atoms with van der Waals surface area (Å²) in [6, 6.07) is 1.88. The molecule has 3 nitrogen and oxygen atoms in total. The van der Waals surface area contributed by atoms with Crippen LogP contribution in [-0.4, -0.2) is 19.5 Å². The largest absolute Gasteiger partial charge is 0.619 e. The van der Waals surface area contributed by atoms with Gasteiger partial charge in [-0.15, -0.1) is 11.8 Å². The third-order valence-corrected chi connectivity index (χ3v) is 3.60. The van der Waals surface area contributed by atoms with E-state index in [0.717, 1.165) is 34.8 Å². The Balaban J connectivity index is 2.58. The first-order valence-electron chi connectivity index (χ1n) is 4.98. The molecule has 0 aliphatic heterocycles. The van der Waals surface area contributed by atoms with E-state index in [2.05, 4.69) is 0 Å². The first kappa shape index (κ1) is 12.3. The van der Waals surface area contributed by atoms with Gasteiger partial charge >= 0.3 is 0 Å². The lowest BCUT2D eigenvalue weighted by Gasteiger charge is -2.08. The molecule has 0 unspecified atom stereocenters. The fraction of sp³-hybridized carbons (Fsp3) is 0.545. The van der Waals surface area contributed by atoms with Gasteiger partial charge in [0.2, 0.25) is 0 Å². The maximum atomic E-state index is 11.3. The Morgan fingerprint density at radius 2 is 2.20 bits per heavy atom. The van der Waals surface area contributed by atoms with Crippen molar-refractivity contribution in [1.29, 1.82) is 0 Å². The van der Waals surface area contributed by atoms with Crippen molar-refractivity contribution in [3.05, 3.63) is 28.7 Å². The van der Waals surface area contributed by atoms with Crippen molar-refractivity contribution in [3.8, 4) is 0 Å². The van der Waals surface area contributed by atoms with Gasteiger partial charge in [-0.2, -0.15) is 4.73 Å². The first-order valence-corrected chi connectivity index (χ1v) is 5.96. The third kappa shape index (κ3) is 3.39. The van der Waals surface area contributed by atoms with Gasteiger partial charge in [-0.05, 0) is 13.3 Å². The van der Waals surface area contributed by atoms with Gasteiger partial charge < -0.3 is 9.94 Å². The Morgan fingerprint density at radius 3 is 2.87 bits per heavy atom. The number of pyridine rings is 1. The Morgan fingerprint density at radius 1 is 1.47 bits per heavy atom. The summed E-state index contributed by atoms with van der Waals surface area (Å²) in [6.45, 7) is 4.63. The minimum atomic E-state index is 0.784. The molecule has 0 atom stereocenters. The number of aromatic nitrogens is 1. The predicted molar refractivity (Wildman–Crippen MR) is 62.1 cm³/mol. The van der Waals surface area contributed by atoms with Crippen LogP contribution in [0.3, 0.4) is 0 Å². The van der Waals surface area contributed by atoms with E-state index in [1.807, 2.05) is 19.9 Å². The van der Waals surface area contributed by atoms with Gasteiger partial charge in [0.05, 0.1) is 0 Å². The van der Waals surface area contributed by atoms with Crippen molar-refractivity contribution in [1.82, 2.24) is 0 Å². The minimum Gasteiger partial charge on any atom is -0.619 e. The number of hydrogen-bond donors (Lipinski definition) is 0. The SMILES string of the molecule is COCCCSc1cc[n+]([O-])c(C)c1C. The second-order valence-corrected chi connectivity index (χ2v) is 4.55. The van der Waals surface area contributed by atoms with E-state index in [0.29, 0.717) is 0 Å². The predicted octanol–water partition coefficient (Wildman–Crippen LogP) is 2.07. The van der Waals surface area contributed by atoms with Crippen molar-refractivity contribution >= 4 is 11.8 Å². The highest BCUT2D eigenvalue weighted by Crippen LogP contribution is 2.23. The first-order chi connectivity index (χ1) is 7.16. The second-order valence-electron chi connectivity index (χ2n) is 3.41. The van der Waals surface area contributed by atoms with Gasteiger partial charge in [0.15, 0.2) is 11.9 Å². The summed E-state index contributed by atoms with van der Waals surface area (Å²) < 4.78 is 5.90. The van der Waals surface area contributed by atoms with Crippen LogP contribution in [0.5, 0.6) is 0 Å². The van der Waals surface area contributed by atoms with E-state index in [1.54, 1.807) is 25.1 Å². The molecule has 0 saturated heterocycles. The highest BCUT2D eigenvalue weighted by Gasteiger charge is 2.08. The molecular formula is C11H17NO2S. The minimum absolute atomic E-state index is 0.784. The molecule has 0 aliphatic carbocycles. The molecular weight excluding hydrogens is 210 g/mol. The molecule has 0 spiro atoms. The summed E-state index contributed by atoms with van der Waals surface area (Å²) in [5.74, 6) is 1.02. The fourth-order valence-electron chi connectivity index (χ4n) is 1.26. The van der Waals surface area contributed by atoms with Gasteiger partial charge in [-0.25, -0.2) is 0 Å². The van der Waals surface area contributed by atoms with E-state index in [1.165, 1.54) is 4.90 Å². The van der Waals surface area contributed by atoms with Crippen molar-refractivity contribution in [2.24, 2.45) is 0 Å². The maximum Gasteiger partial charge on any atom is 0.193 e. The Bertz CT molecular complexity index is 329. The molecule has 0 radical (unpaired) electrons. The standard InChI is InChI=1S/C11H17NO2S/c1-9-10(2)12(13)6-5-11(9)15-8-4-7-14-3/h5-6H,4,7-8H2,1-3H3. The highest BCUT2D eigenvalue weighted by molar-refractivity contribution is 7.99. The topological polar surface area (TPSA) is 36.2 Å². The van der Waals surface area contributed by atoms with Gasteiger partial charge in [-0.1, -0.05) is 0 Å². The maximum absolute atomic E-state index is 11.3. The molecule has 84 valence electrons.